The minimum Gasteiger partial charge on any atom is -0.507 e. The molecule has 2 atom stereocenters. The molecule has 0 aliphatic carbocycles. The zero-order chi connectivity index (χ0) is 23.3. The first-order chi connectivity index (χ1) is 15.2. The normalized spacial score (nSPS) is 22.2. The van der Waals surface area contributed by atoms with E-state index < -0.39 is 0 Å². The van der Waals surface area contributed by atoms with Crippen LogP contribution in [0.15, 0.2) is 18.2 Å². The molecule has 0 spiro atoms. The summed E-state index contributed by atoms with van der Waals surface area (Å²) in [6.07, 6.45) is 4.32. The van der Waals surface area contributed by atoms with Crippen LogP contribution in [0.4, 0.5) is 0 Å². The van der Waals surface area contributed by atoms with Gasteiger partial charge in [0, 0.05) is 39.7 Å². The van der Waals surface area contributed by atoms with Crippen LogP contribution in [0.1, 0.15) is 68.8 Å². The highest BCUT2D eigenvalue weighted by molar-refractivity contribution is 5.97. The van der Waals surface area contributed by atoms with Gasteiger partial charge in [-0.15, -0.1) is 0 Å². The van der Waals surface area contributed by atoms with Crippen LogP contribution in [0.3, 0.4) is 0 Å². The summed E-state index contributed by atoms with van der Waals surface area (Å²) in [5, 5.41) is 13.3. The Morgan fingerprint density at radius 1 is 1.19 bits per heavy atom. The van der Waals surface area contributed by atoms with Crippen molar-refractivity contribution in [3.05, 3.63) is 29.3 Å². The number of hydrogen-bond donors (Lipinski definition) is 2. The largest absolute Gasteiger partial charge is 0.507 e. The number of hydrogen-bond acceptors (Lipinski definition) is 5. The van der Waals surface area contributed by atoms with Crippen LogP contribution in [0.5, 0.6) is 5.75 Å². The van der Waals surface area contributed by atoms with Crippen molar-refractivity contribution in [2.75, 3.05) is 39.8 Å². The lowest BCUT2D eigenvalue weighted by Gasteiger charge is -2.38. The summed E-state index contributed by atoms with van der Waals surface area (Å²) in [7, 11) is 1.67. The van der Waals surface area contributed by atoms with Gasteiger partial charge in [0.25, 0.3) is 5.91 Å². The van der Waals surface area contributed by atoms with Crippen LogP contribution < -0.4 is 5.32 Å². The molecular weight excluding hydrogens is 406 g/mol. The smallest absolute Gasteiger partial charge is 0.255 e. The lowest BCUT2D eigenvalue weighted by atomic mass is 9.86. The van der Waals surface area contributed by atoms with Crippen molar-refractivity contribution in [1.29, 1.82) is 0 Å². The van der Waals surface area contributed by atoms with Crippen LogP contribution in [0.25, 0.3) is 0 Å². The molecule has 3 rings (SSSR count). The minimum atomic E-state index is -0.273. The van der Waals surface area contributed by atoms with E-state index in [2.05, 4.69) is 31.0 Å². The molecule has 1 aromatic rings. The maximum atomic E-state index is 12.9. The van der Waals surface area contributed by atoms with E-state index in [-0.39, 0.29) is 35.1 Å². The number of nitrogens with one attached hydrogen (secondary N) is 1. The molecule has 7 nitrogen and oxygen atoms in total. The molecule has 0 radical (unpaired) electrons. The first-order valence-corrected chi connectivity index (χ1v) is 11.9. The number of amides is 2. The molecule has 1 aromatic carbocycles. The molecule has 2 aliphatic heterocycles. The summed E-state index contributed by atoms with van der Waals surface area (Å²) in [5.74, 6) is -0.0138. The van der Waals surface area contributed by atoms with Crippen LogP contribution >= 0.6 is 0 Å². The number of phenols is 1. The summed E-state index contributed by atoms with van der Waals surface area (Å²) < 4.78 is 5.69. The van der Waals surface area contributed by atoms with Crippen LogP contribution in [-0.4, -0.2) is 78.7 Å². The standard InChI is InChI=1S/C25H39N3O4/c1-25(2,3)18-9-10-21(29)19(16-18)24(31)26-20-11-15-27(17-22(20)32-4)12-7-8-23(30)28-13-5-6-14-28/h9-10,16,20,22,29H,5-8,11-15,17H2,1-4H3,(H,26,31)/t20-,22+/m0/s1. The number of methoxy groups -OCH3 is 1. The van der Waals surface area contributed by atoms with E-state index in [1.165, 1.54) is 0 Å². The van der Waals surface area contributed by atoms with Gasteiger partial charge in [0.2, 0.25) is 5.91 Å². The third-order valence-corrected chi connectivity index (χ3v) is 6.69. The Morgan fingerprint density at radius 3 is 2.56 bits per heavy atom. The van der Waals surface area contributed by atoms with Gasteiger partial charge in [-0.1, -0.05) is 26.8 Å². The fraction of sp³-hybridized carbons (Fsp3) is 0.680. The summed E-state index contributed by atoms with van der Waals surface area (Å²) in [6, 6.07) is 5.11. The Hall–Kier alpha value is -2.12. The van der Waals surface area contributed by atoms with Crippen molar-refractivity contribution < 1.29 is 19.4 Å². The molecule has 2 N–H and O–H groups in total. The Labute approximate surface area is 192 Å². The summed E-state index contributed by atoms with van der Waals surface area (Å²) in [5.41, 5.74) is 1.19. The van der Waals surface area contributed by atoms with E-state index in [1.54, 1.807) is 19.2 Å². The lowest BCUT2D eigenvalue weighted by Crippen LogP contribution is -2.55. The Morgan fingerprint density at radius 2 is 1.91 bits per heavy atom. The Balaban J connectivity index is 1.52. The van der Waals surface area contributed by atoms with Gasteiger partial charge >= 0.3 is 0 Å². The third kappa shape index (κ3) is 6.23. The Bertz CT molecular complexity index is 799. The second-order valence-corrected chi connectivity index (χ2v) is 10.1. The molecule has 2 heterocycles. The third-order valence-electron chi connectivity index (χ3n) is 6.69. The predicted molar refractivity (Wildman–Crippen MR) is 125 cm³/mol. The molecule has 32 heavy (non-hydrogen) atoms. The summed E-state index contributed by atoms with van der Waals surface area (Å²) in [4.78, 5) is 29.5. The first kappa shape index (κ1) is 24.5. The van der Waals surface area contributed by atoms with E-state index >= 15 is 0 Å². The molecule has 2 aliphatic rings. The summed E-state index contributed by atoms with van der Waals surface area (Å²) >= 11 is 0. The van der Waals surface area contributed by atoms with E-state index in [4.69, 9.17) is 4.74 Å². The number of nitrogens with zero attached hydrogens (tertiary/aromatic N) is 2. The molecule has 2 amide bonds. The van der Waals surface area contributed by atoms with E-state index in [0.717, 1.165) is 57.4 Å². The maximum Gasteiger partial charge on any atom is 0.255 e. The average molecular weight is 446 g/mol. The number of carbonyl (C=O) groups excluding carboxylic acids is 2. The number of piperidine rings is 1. The maximum absolute atomic E-state index is 12.9. The average Bonchev–Trinajstić information content (AvgIpc) is 3.29. The van der Waals surface area contributed by atoms with Crippen molar-refractivity contribution in [2.24, 2.45) is 0 Å². The van der Waals surface area contributed by atoms with E-state index in [9.17, 15) is 14.7 Å². The zero-order valence-electron chi connectivity index (χ0n) is 20.0. The number of carbonyl (C=O) groups is 2. The predicted octanol–water partition coefficient (Wildman–Crippen LogP) is 2.91. The highest BCUT2D eigenvalue weighted by atomic mass is 16.5. The fourth-order valence-corrected chi connectivity index (χ4v) is 4.60. The van der Waals surface area contributed by atoms with E-state index in [1.807, 2.05) is 11.0 Å². The SMILES string of the molecule is CO[C@@H]1CN(CCCC(=O)N2CCCC2)CC[C@@H]1NC(=O)c1cc(C(C)(C)C)ccc1O. The zero-order valence-corrected chi connectivity index (χ0v) is 20.0. The molecule has 2 fully saturated rings. The van der Waals surface area contributed by atoms with Gasteiger partial charge in [-0.2, -0.15) is 0 Å². The van der Waals surface area contributed by atoms with Crippen molar-refractivity contribution in [1.82, 2.24) is 15.1 Å². The fourth-order valence-electron chi connectivity index (χ4n) is 4.60. The van der Waals surface area contributed by atoms with Gasteiger partial charge in [-0.3, -0.25) is 9.59 Å². The molecule has 178 valence electrons. The van der Waals surface area contributed by atoms with Gasteiger partial charge in [0.1, 0.15) is 5.75 Å². The number of aromatic hydroxyl groups is 1. The molecule has 0 unspecified atom stereocenters. The number of likely N-dealkylation sites (tertiary alicyclic amines) is 2. The van der Waals surface area contributed by atoms with Crippen molar-refractivity contribution in [3.63, 3.8) is 0 Å². The Kier molecular flexibility index (Phi) is 8.17. The molecule has 2 saturated heterocycles. The van der Waals surface area contributed by atoms with Gasteiger partial charge in [0.05, 0.1) is 17.7 Å². The number of phenolic OH excluding ortho intramolecular Hbond substituents is 1. The molecule has 0 bridgehead atoms. The molecular formula is C25H39N3O4. The van der Waals surface area contributed by atoms with Crippen LogP contribution in [0.2, 0.25) is 0 Å². The highest BCUT2D eigenvalue weighted by Crippen LogP contribution is 2.28. The van der Waals surface area contributed by atoms with Crippen molar-refractivity contribution in [3.8, 4) is 5.75 Å². The first-order valence-electron chi connectivity index (χ1n) is 11.9. The number of ether oxygens (including phenoxy) is 1. The van der Waals surface area contributed by atoms with E-state index in [0.29, 0.717) is 18.5 Å². The molecule has 0 saturated carbocycles. The van der Waals surface area contributed by atoms with Crippen LogP contribution in [0, 0.1) is 0 Å². The van der Waals surface area contributed by atoms with Gasteiger partial charge < -0.3 is 25.0 Å². The number of benzene rings is 1. The minimum absolute atomic E-state index is 0.00966. The highest BCUT2D eigenvalue weighted by Gasteiger charge is 2.31. The summed E-state index contributed by atoms with van der Waals surface area (Å²) in [6.45, 7) is 10.5. The second-order valence-electron chi connectivity index (χ2n) is 10.1. The molecule has 7 heteroatoms. The van der Waals surface area contributed by atoms with Crippen molar-refractivity contribution >= 4 is 11.8 Å². The second kappa shape index (κ2) is 10.7. The molecule has 0 aromatic heterocycles. The van der Waals surface area contributed by atoms with Crippen LogP contribution in [-0.2, 0) is 14.9 Å². The van der Waals surface area contributed by atoms with Crippen molar-refractivity contribution in [2.45, 2.75) is 70.4 Å². The topological polar surface area (TPSA) is 82.1 Å². The van der Waals surface area contributed by atoms with Gasteiger partial charge in [-0.05, 0) is 55.3 Å². The lowest BCUT2D eigenvalue weighted by molar-refractivity contribution is -0.130. The quantitative estimate of drug-likeness (QED) is 0.674. The van der Waals surface area contributed by atoms with Gasteiger partial charge in [0.15, 0.2) is 0 Å². The number of rotatable bonds is 7. The monoisotopic (exact) mass is 445 g/mol. The van der Waals surface area contributed by atoms with Gasteiger partial charge in [-0.25, -0.2) is 0 Å².